The lowest BCUT2D eigenvalue weighted by molar-refractivity contribution is 0.0602. The molecule has 0 radical (unpaired) electrons. The first-order valence-corrected chi connectivity index (χ1v) is 10.2. The van der Waals surface area contributed by atoms with E-state index in [0.29, 0.717) is 36.1 Å². The predicted molar refractivity (Wildman–Crippen MR) is 115 cm³/mol. The summed E-state index contributed by atoms with van der Waals surface area (Å²) in [6.45, 7) is 3.14. The van der Waals surface area contributed by atoms with E-state index >= 15 is 0 Å². The number of ether oxygens (including phenoxy) is 1. The fourth-order valence-electron chi connectivity index (χ4n) is 3.62. The number of esters is 1. The normalized spacial score (nSPS) is 14.3. The molecule has 1 aromatic heterocycles. The molecule has 1 N–H and O–H groups in total. The van der Waals surface area contributed by atoms with Crippen molar-refractivity contribution < 1.29 is 18.8 Å². The van der Waals surface area contributed by atoms with Crippen LogP contribution in [0.15, 0.2) is 53.1 Å². The second-order valence-electron chi connectivity index (χ2n) is 7.55. The van der Waals surface area contributed by atoms with E-state index in [1.54, 1.807) is 29.2 Å². The number of anilines is 1. The van der Waals surface area contributed by atoms with Gasteiger partial charge in [-0.1, -0.05) is 47.1 Å². The number of amides is 2. The molecular formula is C23H24N4O4. The smallest absolute Gasteiger partial charge is 0.339 e. The standard InChI is InChI=1S/C23H24N4O4/c1-15-7-9-16(10-8-15)20-25-21(31-26-20)17-11-13-27(14-12-17)23(29)24-19-6-4-3-5-18(19)22(28)30-2/h3-10,17H,11-14H2,1-2H3,(H,24,29). The first kappa shape index (κ1) is 20.6. The van der Waals surface area contributed by atoms with Gasteiger partial charge in [-0.25, -0.2) is 9.59 Å². The first-order chi connectivity index (χ1) is 15.0. The van der Waals surface area contributed by atoms with Crippen LogP contribution in [-0.4, -0.2) is 47.2 Å². The Kier molecular flexibility index (Phi) is 5.97. The predicted octanol–water partition coefficient (Wildman–Crippen LogP) is 4.24. The Morgan fingerprint density at radius 3 is 2.52 bits per heavy atom. The van der Waals surface area contributed by atoms with Crippen molar-refractivity contribution >= 4 is 17.7 Å². The second kappa shape index (κ2) is 8.99. The highest BCUT2D eigenvalue weighted by Crippen LogP contribution is 2.29. The van der Waals surface area contributed by atoms with Crippen LogP contribution in [0.3, 0.4) is 0 Å². The molecule has 0 saturated carbocycles. The molecule has 1 aliphatic heterocycles. The monoisotopic (exact) mass is 420 g/mol. The van der Waals surface area contributed by atoms with E-state index in [-0.39, 0.29) is 11.9 Å². The average Bonchev–Trinajstić information content (AvgIpc) is 3.30. The number of aryl methyl sites for hydroxylation is 1. The molecule has 8 heteroatoms. The molecule has 160 valence electrons. The zero-order chi connectivity index (χ0) is 21.8. The third-order valence-electron chi connectivity index (χ3n) is 5.46. The van der Waals surface area contributed by atoms with E-state index in [2.05, 4.69) is 15.5 Å². The summed E-state index contributed by atoms with van der Waals surface area (Å²) in [5.74, 6) is 0.801. The van der Waals surface area contributed by atoms with Crippen molar-refractivity contribution in [3.8, 4) is 11.4 Å². The van der Waals surface area contributed by atoms with Crippen molar-refractivity contribution in [1.82, 2.24) is 15.0 Å². The van der Waals surface area contributed by atoms with Crippen molar-refractivity contribution in [1.29, 1.82) is 0 Å². The lowest BCUT2D eigenvalue weighted by atomic mass is 9.97. The summed E-state index contributed by atoms with van der Waals surface area (Å²) >= 11 is 0. The highest BCUT2D eigenvalue weighted by atomic mass is 16.5. The number of rotatable bonds is 4. The SMILES string of the molecule is COC(=O)c1ccccc1NC(=O)N1CCC(c2nc(-c3ccc(C)cc3)no2)CC1. The minimum atomic E-state index is -0.490. The molecule has 1 saturated heterocycles. The van der Waals surface area contributed by atoms with Gasteiger partial charge < -0.3 is 19.5 Å². The van der Waals surface area contributed by atoms with Gasteiger partial charge in [0.05, 0.1) is 18.4 Å². The summed E-state index contributed by atoms with van der Waals surface area (Å²) in [6.07, 6.45) is 1.45. The number of para-hydroxylation sites is 1. The van der Waals surface area contributed by atoms with Crippen LogP contribution in [0.5, 0.6) is 0 Å². The number of piperidine rings is 1. The van der Waals surface area contributed by atoms with Crippen LogP contribution in [0.4, 0.5) is 10.5 Å². The highest BCUT2D eigenvalue weighted by molar-refractivity contribution is 6.00. The van der Waals surface area contributed by atoms with Crippen LogP contribution in [0.2, 0.25) is 0 Å². The van der Waals surface area contributed by atoms with Crippen molar-refractivity contribution in [2.45, 2.75) is 25.7 Å². The Hall–Kier alpha value is -3.68. The molecule has 0 bridgehead atoms. The Balaban J connectivity index is 1.37. The number of carbonyl (C=O) groups excluding carboxylic acids is 2. The molecule has 1 aliphatic rings. The Morgan fingerprint density at radius 1 is 1.10 bits per heavy atom. The second-order valence-corrected chi connectivity index (χ2v) is 7.55. The molecule has 0 unspecified atom stereocenters. The third kappa shape index (κ3) is 4.58. The van der Waals surface area contributed by atoms with E-state index < -0.39 is 5.97 Å². The first-order valence-electron chi connectivity index (χ1n) is 10.2. The third-order valence-corrected chi connectivity index (χ3v) is 5.46. The zero-order valence-electron chi connectivity index (χ0n) is 17.5. The zero-order valence-corrected chi connectivity index (χ0v) is 17.5. The summed E-state index contributed by atoms with van der Waals surface area (Å²) in [4.78, 5) is 30.9. The average molecular weight is 420 g/mol. The highest BCUT2D eigenvalue weighted by Gasteiger charge is 2.28. The van der Waals surface area contributed by atoms with Crippen LogP contribution >= 0.6 is 0 Å². The number of likely N-dealkylation sites (tertiary alicyclic amines) is 1. The maximum Gasteiger partial charge on any atom is 0.339 e. The van der Waals surface area contributed by atoms with Gasteiger partial charge in [0, 0.05) is 24.6 Å². The fraction of sp³-hybridized carbons (Fsp3) is 0.304. The van der Waals surface area contributed by atoms with E-state index in [4.69, 9.17) is 9.26 Å². The number of carbonyl (C=O) groups is 2. The van der Waals surface area contributed by atoms with Gasteiger partial charge in [0.15, 0.2) is 0 Å². The van der Waals surface area contributed by atoms with Crippen LogP contribution in [0, 0.1) is 6.92 Å². The molecule has 2 aromatic carbocycles. The van der Waals surface area contributed by atoms with Gasteiger partial charge in [-0.2, -0.15) is 4.98 Å². The van der Waals surface area contributed by atoms with E-state index in [1.165, 1.54) is 12.7 Å². The van der Waals surface area contributed by atoms with Gasteiger partial charge in [-0.15, -0.1) is 0 Å². The topological polar surface area (TPSA) is 97.6 Å². The molecule has 0 spiro atoms. The maximum atomic E-state index is 12.7. The summed E-state index contributed by atoms with van der Waals surface area (Å²) in [5, 5.41) is 6.93. The van der Waals surface area contributed by atoms with Crippen molar-refractivity contribution in [3.05, 3.63) is 65.5 Å². The maximum absolute atomic E-state index is 12.7. The number of methoxy groups -OCH3 is 1. The molecular weight excluding hydrogens is 396 g/mol. The Labute approximate surface area is 180 Å². The van der Waals surface area contributed by atoms with Crippen molar-refractivity contribution in [2.24, 2.45) is 0 Å². The molecule has 8 nitrogen and oxygen atoms in total. The van der Waals surface area contributed by atoms with Crippen LogP contribution < -0.4 is 5.32 Å². The van der Waals surface area contributed by atoms with Crippen molar-refractivity contribution in [2.75, 3.05) is 25.5 Å². The summed E-state index contributed by atoms with van der Waals surface area (Å²) in [7, 11) is 1.31. The molecule has 3 aromatic rings. The number of benzene rings is 2. The molecule has 4 rings (SSSR count). The number of nitrogens with zero attached hydrogens (tertiary/aromatic N) is 3. The lowest BCUT2D eigenvalue weighted by Gasteiger charge is -2.30. The summed E-state index contributed by atoms with van der Waals surface area (Å²) in [5.41, 5.74) is 2.85. The van der Waals surface area contributed by atoms with E-state index in [1.807, 2.05) is 31.2 Å². The number of urea groups is 1. The molecule has 0 atom stereocenters. The number of hydrogen-bond donors (Lipinski definition) is 1. The van der Waals surface area contributed by atoms with Crippen LogP contribution in [-0.2, 0) is 4.74 Å². The number of nitrogens with one attached hydrogen (secondary N) is 1. The van der Waals surface area contributed by atoms with Gasteiger partial charge in [0.1, 0.15) is 0 Å². The molecule has 2 amide bonds. The Bertz CT molecular complexity index is 1070. The van der Waals surface area contributed by atoms with Gasteiger partial charge in [0.2, 0.25) is 11.7 Å². The number of hydrogen-bond acceptors (Lipinski definition) is 6. The summed E-state index contributed by atoms with van der Waals surface area (Å²) < 4.78 is 10.3. The largest absolute Gasteiger partial charge is 0.465 e. The van der Waals surface area contributed by atoms with Crippen molar-refractivity contribution in [3.63, 3.8) is 0 Å². The molecule has 0 aliphatic carbocycles. The molecule has 1 fully saturated rings. The molecule has 31 heavy (non-hydrogen) atoms. The van der Waals surface area contributed by atoms with Gasteiger partial charge in [-0.05, 0) is 31.9 Å². The van der Waals surface area contributed by atoms with E-state index in [0.717, 1.165) is 18.4 Å². The lowest BCUT2D eigenvalue weighted by Crippen LogP contribution is -2.40. The van der Waals surface area contributed by atoms with Gasteiger partial charge in [-0.3, -0.25) is 0 Å². The minimum absolute atomic E-state index is 0.109. The van der Waals surface area contributed by atoms with Gasteiger partial charge in [0.25, 0.3) is 0 Å². The minimum Gasteiger partial charge on any atom is -0.465 e. The quantitative estimate of drug-likeness (QED) is 0.634. The fourth-order valence-corrected chi connectivity index (χ4v) is 3.62. The van der Waals surface area contributed by atoms with Crippen LogP contribution in [0.25, 0.3) is 11.4 Å². The summed E-state index contributed by atoms with van der Waals surface area (Å²) in [6, 6.07) is 14.5. The van der Waals surface area contributed by atoms with E-state index in [9.17, 15) is 9.59 Å². The van der Waals surface area contributed by atoms with Gasteiger partial charge >= 0.3 is 12.0 Å². The molecule has 2 heterocycles. The Morgan fingerprint density at radius 2 is 1.81 bits per heavy atom. The number of aromatic nitrogens is 2. The van der Waals surface area contributed by atoms with Crippen LogP contribution in [0.1, 0.15) is 40.6 Å².